The molecule has 5 rings (SSSR count). The second-order valence-electron chi connectivity index (χ2n) is 6.54. The standard InChI is InChI=1S/C19H9F5N6O/c20-18(21,19(22,23)24)12-6-13(10-2-1-5-25-7-10)28-16-11(12)3-4-15-27-14(8-30(15)16)17-29-26-9-31-17/h1-9H. The first kappa shape index (κ1) is 19.0. The first-order valence-electron chi connectivity index (χ1n) is 8.70. The number of nitrogens with zero attached hydrogens (tertiary/aromatic N) is 6. The van der Waals surface area contributed by atoms with E-state index in [4.69, 9.17) is 4.42 Å². The van der Waals surface area contributed by atoms with Crippen LogP contribution in [0.2, 0.25) is 0 Å². The van der Waals surface area contributed by atoms with Gasteiger partial charge in [0.15, 0.2) is 0 Å². The molecule has 0 saturated heterocycles. The SMILES string of the molecule is FC(F)(F)C(F)(F)c1cc(-c2cccnc2)nc2c1ccc1nc(-c3nnco3)cn12. The molecule has 0 aliphatic carbocycles. The number of hydrogen-bond acceptors (Lipinski definition) is 6. The van der Waals surface area contributed by atoms with Gasteiger partial charge in [-0.25, -0.2) is 9.97 Å². The largest absolute Gasteiger partial charge is 0.458 e. The van der Waals surface area contributed by atoms with Gasteiger partial charge in [-0.3, -0.25) is 9.38 Å². The third-order valence-electron chi connectivity index (χ3n) is 4.63. The van der Waals surface area contributed by atoms with E-state index in [-0.39, 0.29) is 39.5 Å². The Labute approximate surface area is 169 Å². The van der Waals surface area contributed by atoms with E-state index >= 15 is 0 Å². The third kappa shape index (κ3) is 2.98. The van der Waals surface area contributed by atoms with Gasteiger partial charge in [0, 0.05) is 35.1 Å². The fourth-order valence-electron chi connectivity index (χ4n) is 3.19. The maximum atomic E-state index is 14.5. The second-order valence-corrected chi connectivity index (χ2v) is 6.54. The lowest BCUT2D eigenvalue weighted by Crippen LogP contribution is -2.34. The van der Waals surface area contributed by atoms with Gasteiger partial charge >= 0.3 is 12.1 Å². The Morgan fingerprint density at radius 3 is 2.48 bits per heavy atom. The normalized spacial score (nSPS) is 12.7. The molecule has 0 unspecified atom stereocenters. The lowest BCUT2D eigenvalue weighted by molar-refractivity contribution is -0.288. The van der Waals surface area contributed by atoms with E-state index in [1.807, 2.05) is 0 Å². The van der Waals surface area contributed by atoms with Crippen LogP contribution in [0.4, 0.5) is 22.0 Å². The van der Waals surface area contributed by atoms with Gasteiger partial charge in [-0.1, -0.05) is 0 Å². The number of imidazole rings is 1. The van der Waals surface area contributed by atoms with Crippen molar-refractivity contribution < 1.29 is 26.4 Å². The van der Waals surface area contributed by atoms with Crippen molar-refractivity contribution in [1.29, 1.82) is 0 Å². The molecule has 12 heteroatoms. The van der Waals surface area contributed by atoms with Crippen LogP contribution in [-0.4, -0.2) is 35.7 Å². The number of halogens is 5. The maximum absolute atomic E-state index is 14.5. The Hall–Kier alpha value is -3.96. The molecule has 0 spiro atoms. The van der Waals surface area contributed by atoms with Crippen molar-refractivity contribution in [1.82, 2.24) is 29.5 Å². The van der Waals surface area contributed by atoms with Crippen LogP contribution in [-0.2, 0) is 5.92 Å². The summed E-state index contributed by atoms with van der Waals surface area (Å²) in [5.41, 5.74) is -0.728. The summed E-state index contributed by atoms with van der Waals surface area (Å²) >= 11 is 0. The molecule has 5 aromatic heterocycles. The highest BCUT2D eigenvalue weighted by Gasteiger charge is 2.59. The summed E-state index contributed by atoms with van der Waals surface area (Å²) in [6.45, 7) is 0. The van der Waals surface area contributed by atoms with E-state index in [1.54, 1.807) is 0 Å². The summed E-state index contributed by atoms with van der Waals surface area (Å²) in [7, 11) is 0. The lowest BCUT2D eigenvalue weighted by atomic mass is 10.0. The zero-order chi connectivity index (χ0) is 21.8. The van der Waals surface area contributed by atoms with E-state index in [1.165, 1.54) is 41.2 Å². The number of fused-ring (bicyclic) bond motifs is 3. The molecule has 0 aliphatic rings. The molecule has 7 nitrogen and oxygen atoms in total. The van der Waals surface area contributed by atoms with Crippen LogP contribution >= 0.6 is 0 Å². The molecule has 0 N–H and O–H groups in total. The predicted molar refractivity (Wildman–Crippen MR) is 97.0 cm³/mol. The Morgan fingerprint density at radius 2 is 1.81 bits per heavy atom. The van der Waals surface area contributed by atoms with Crippen molar-refractivity contribution >= 4 is 16.7 Å². The van der Waals surface area contributed by atoms with Gasteiger partial charge in [0.05, 0.1) is 5.69 Å². The topological polar surface area (TPSA) is 82.0 Å². The molecule has 0 amide bonds. The van der Waals surface area contributed by atoms with Gasteiger partial charge in [-0.05, 0) is 30.3 Å². The second kappa shape index (κ2) is 6.52. The minimum atomic E-state index is -5.80. The Kier molecular flexibility index (Phi) is 4.00. The van der Waals surface area contributed by atoms with Crippen molar-refractivity contribution in [3.8, 4) is 22.8 Å². The van der Waals surface area contributed by atoms with Gasteiger partial charge in [-0.15, -0.1) is 10.2 Å². The van der Waals surface area contributed by atoms with E-state index in [0.717, 1.165) is 18.5 Å². The molecule has 5 aromatic rings. The van der Waals surface area contributed by atoms with Crippen LogP contribution in [0, 0.1) is 0 Å². The number of aromatic nitrogens is 6. The monoisotopic (exact) mass is 432 g/mol. The quantitative estimate of drug-likeness (QED) is 0.386. The molecule has 0 bridgehead atoms. The minimum Gasteiger partial charge on any atom is -0.422 e. The summed E-state index contributed by atoms with van der Waals surface area (Å²) in [4.78, 5) is 12.5. The van der Waals surface area contributed by atoms with Crippen molar-refractivity contribution in [3.05, 3.63) is 60.9 Å². The average Bonchev–Trinajstić information content (AvgIpc) is 3.42. The summed E-state index contributed by atoms with van der Waals surface area (Å²) in [6.07, 6.45) is -0.576. The molecule has 0 fully saturated rings. The maximum Gasteiger partial charge on any atom is 0.458 e. The minimum absolute atomic E-state index is 0.0566. The molecular weight excluding hydrogens is 423 g/mol. The third-order valence-corrected chi connectivity index (χ3v) is 4.63. The number of pyridine rings is 3. The van der Waals surface area contributed by atoms with E-state index in [9.17, 15) is 22.0 Å². The van der Waals surface area contributed by atoms with Crippen molar-refractivity contribution in [3.63, 3.8) is 0 Å². The summed E-state index contributed by atoms with van der Waals surface area (Å²) in [6, 6.07) is 6.20. The van der Waals surface area contributed by atoms with Crippen LogP contribution in [0.1, 0.15) is 5.56 Å². The first-order chi connectivity index (χ1) is 14.8. The molecule has 5 heterocycles. The van der Waals surface area contributed by atoms with Gasteiger partial charge in [-0.2, -0.15) is 22.0 Å². The number of hydrogen-bond donors (Lipinski definition) is 0. The molecule has 0 atom stereocenters. The van der Waals surface area contributed by atoms with Crippen molar-refractivity contribution in [2.75, 3.05) is 0 Å². The molecular formula is C19H9F5N6O. The van der Waals surface area contributed by atoms with Crippen LogP contribution < -0.4 is 0 Å². The zero-order valence-electron chi connectivity index (χ0n) is 15.2. The van der Waals surface area contributed by atoms with Gasteiger partial charge in [0.2, 0.25) is 6.39 Å². The summed E-state index contributed by atoms with van der Waals surface area (Å²) in [5.74, 6) is -5.06. The van der Waals surface area contributed by atoms with E-state index in [0.29, 0.717) is 0 Å². The molecule has 0 saturated carbocycles. The predicted octanol–water partition coefficient (Wildman–Crippen LogP) is 4.65. The number of alkyl halides is 5. The highest BCUT2D eigenvalue weighted by atomic mass is 19.4. The Morgan fingerprint density at radius 1 is 0.968 bits per heavy atom. The smallest absolute Gasteiger partial charge is 0.422 e. The van der Waals surface area contributed by atoms with Crippen LogP contribution in [0.25, 0.3) is 39.5 Å². The van der Waals surface area contributed by atoms with Gasteiger partial charge < -0.3 is 4.42 Å². The van der Waals surface area contributed by atoms with E-state index in [2.05, 4.69) is 25.1 Å². The Balaban J connectivity index is 1.86. The molecule has 0 radical (unpaired) electrons. The lowest BCUT2D eigenvalue weighted by Gasteiger charge is -2.22. The van der Waals surface area contributed by atoms with E-state index < -0.39 is 17.7 Å². The van der Waals surface area contributed by atoms with Gasteiger partial charge in [0.25, 0.3) is 5.89 Å². The molecule has 0 aliphatic heterocycles. The zero-order valence-corrected chi connectivity index (χ0v) is 15.2. The fourth-order valence-corrected chi connectivity index (χ4v) is 3.19. The van der Waals surface area contributed by atoms with Gasteiger partial charge in [0.1, 0.15) is 17.0 Å². The fraction of sp³-hybridized carbons (Fsp3) is 0.105. The van der Waals surface area contributed by atoms with Crippen molar-refractivity contribution in [2.45, 2.75) is 12.1 Å². The van der Waals surface area contributed by atoms with Crippen LogP contribution in [0.3, 0.4) is 0 Å². The van der Waals surface area contributed by atoms with Crippen molar-refractivity contribution in [2.24, 2.45) is 0 Å². The number of rotatable bonds is 3. The molecule has 156 valence electrons. The highest BCUT2D eigenvalue weighted by molar-refractivity contribution is 5.86. The van der Waals surface area contributed by atoms with Crippen LogP contribution in [0.5, 0.6) is 0 Å². The van der Waals surface area contributed by atoms with Crippen LogP contribution in [0.15, 0.2) is 59.7 Å². The summed E-state index contributed by atoms with van der Waals surface area (Å²) in [5, 5.41) is 6.89. The summed E-state index contributed by atoms with van der Waals surface area (Å²) < 4.78 is 75.1. The molecule has 31 heavy (non-hydrogen) atoms. The average molecular weight is 432 g/mol. The first-order valence-corrected chi connectivity index (χ1v) is 8.70. The Bertz CT molecular complexity index is 1400. The molecule has 0 aromatic carbocycles. The highest BCUT2D eigenvalue weighted by Crippen LogP contribution is 2.47.